The highest BCUT2D eigenvalue weighted by atomic mass is 16.4. The number of aromatic nitrogens is 2. The Morgan fingerprint density at radius 2 is 1.92 bits per heavy atom. The van der Waals surface area contributed by atoms with Crippen LogP contribution in [0.2, 0.25) is 0 Å². The van der Waals surface area contributed by atoms with Gasteiger partial charge in [0, 0.05) is 12.2 Å². The number of carboxylic acids is 1. The fraction of sp³-hybridized carbons (Fsp3) is 0.316. The zero-order chi connectivity index (χ0) is 18.4. The SMILES string of the molecule is Nc1c(NCCC2=CCCCC2)ncnc1Nc1ccc(C(=O)O)cc1. The molecule has 0 amide bonds. The fourth-order valence-electron chi connectivity index (χ4n) is 2.94. The molecule has 1 aliphatic rings. The first-order valence-corrected chi connectivity index (χ1v) is 8.76. The van der Waals surface area contributed by atoms with Gasteiger partial charge in [-0.3, -0.25) is 0 Å². The van der Waals surface area contributed by atoms with Crippen LogP contribution in [-0.2, 0) is 0 Å². The van der Waals surface area contributed by atoms with Crippen molar-refractivity contribution < 1.29 is 9.90 Å². The lowest BCUT2D eigenvalue weighted by Gasteiger charge is -2.15. The van der Waals surface area contributed by atoms with Gasteiger partial charge in [-0.05, 0) is 56.4 Å². The summed E-state index contributed by atoms with van der Waals surface area (Å²) in [6.07, 6.45) is 9.70. The first-order chi connectivity index (χ1) is 12.6. The lowest BCUT2D eigenvalue weighted by molar-refractivity contribution is 0.0697. The molecule has 7 nitrogen and oxygen atoms in total. The Labute approximate surface area is 152 Å². The molecule has 5 N–H and O–H groups in total. The van der Waals surface area contributed by atoms with Crippen LogP contribution in [0.3, 0.4) is 0 Å². The van der Waals surface area contributed by atoms with Crippen LogP contribution >= 0.6 is 0 Å². The van der Waals surface area contributed by atoms with Gasteiger partial charge in [0.15, 0.2) is 11.6 Å². The summed E-state index contributed by atoms with van der Waals surface area (Å²) in [5, 5.41) is 15.3. The van der Waals surface area contributed by atoms with Crippen LogP contribution in [0.5, 0.6) is 0 Å². The van der Waals surface area contributed by atoms with E-state index in [0.29, 0.717) is 23.0 Å². The predicted molar refractivity (Wildman–Crippen MR) is 103 cm³/mol. The molecule has 2 aromatic rings. The highest BCUT2D eigenvalue weighted by Gasteiger charge is 2.10. The Bertz CT molecular complexity index is 802. The van der Waals surface area contributed by atoms with Gasteiger partial charge in [0.25, 0.3) is 0 Å². The van der Waals surface area contributed by atoms with Crippen LogP contribution in [0, 0.1) is 0 Å². The average Bonchev–Trinajstić information content (AvgIpc) is 2.66. The molecule has 0 unspecified atom stereocenters. The molecule has 0 saturated heterocycles. The van der Waals surface area contributed by atoms with E-state index < -0.39 is 5.97 Å². The monoisotopic (exact) mass is 353 g/mol. The van der Waals surface area contributed by atoms with Crippen molar-refractivity contribution in [2.24, 2.45) is 0 Å². The number of carboxylic acid groups (broad SMARTS) is 1. The van der Waals surface area contributed by atoms with Crippen molar-refractivity contribution >= 4 is 29.0 Å². The Morgan fingerprint density at radius 1 is 1.15 bits per heavy atom. The molecule has 0 saturated carbocycles. The van der Waals surface area contributed by atoms with E-state index in [0.717, 1.165) is 13.0 Å². The average molecular weight is 353 g/mol. The number of benzene rings is 1. The molecule has 1 aromatic carbocycles. The van der Waals surface area contributed by atoms with Crippen LogP contribution in [0.25, 0.3) is 0 Å². The summed E-state index contributed by atoms with van der Waals surface area (Å²) in [6.45, 7) is 0.778. The zero-order valence-electron chi connectivity index (χ0n) is 14.5. The van der Waals surface area contributed by atoms with Crippen molar-refractivity contribution in [3.8, 4) is 0 Å². The number of allylic oxidation sites excluding steroid dienone is 1. The molecule has 0 atom stereocenters. The minimum absolute atomic E-state index is 0.227. The number of hydrogen-bond acceptors (Lipinski definition) is 6. The summed E-state index contributed by atoms with van der Waals surface area (Å²) in [5.41, 5.74) is 9.04. The Morgan fingerprint density at radius 3 is 2.62 bits per heavy atom. The third kappa shape index (κ3) is 4.50. The normalized spacial score (nSPS) is 13.8. The second-order valence-electron chi connectivity index (χ2n) is 6.28. The molecule has 0 aliphatic heterocycles. The summed E-state index contributed by atoms with van der Waals surface area (Å²) >= 11 is 0. The molecule has 7 heteroatoms. The van der Waals surface area contributed by atoms with E-state index in [9.17, 15) is 4.79 Å². The largest absolute Gasteiger partial charge is 0.478 e. The summed E-state index contributed by atoms with van der Waals surface area (Å²) in [7, 11) is 0. The van der Waals surface area contributed by atoms with Crippen molar-refractivity contribution in [2.45, 2.75) is 32.1 Å². The molecule has 0 fully saturated rings. The smallest absolute Gasteiger partial charge is 0.335 e. The van der Waals surface area contributed by atoms with Crippen LogP contribution in [0.1, 0.15) is 42.5 Å². The molecule has 0 spiro atoms. The van der Waals surface area contributed by atoms with Gasteiger partial charge in [0.1, 0.15) is 12.0 Å². The molecular weight excluding hydrogens is 330 g/mol. The molecule has 1 aliphatic carbocycles. The number of aromatic carboxylic acids is 1. The Kier molecular flexibility index (Phi) is 5.68. The molecule has 1 aromatic heterocycles. The third-order valence-electron chi connectivity index (χ3n) is 4.40. The number of hydrogen-bond donors (Lipinski definition) is 4. The van der Waals surface area contributed by atoms with Crippen LogP contribution in [-0.4, -0.2) is 27.6 Å². The molecule has 3 rings (SSSR count). The van der Waals surface area contributed by atoms with Crippen molar-refractivity contribution in [1.82, 2.24) is 9.97 Å². The van der Waals surface area contributed by atoms with Crippen LogP contribution < -0.4 is 16.4 Å². The molecule has 0 radical (unpaired) electrons. The van der Waals surface area contributed by atoms with E-state index in [-0.39, 0.29) is 5.56 Å². The summed E-state index contributed by atoms with van der Waals surface area (Å²) in [6, 6.07) is 6.40. The highest BCUT2D eigenvalue weighted by Crippen LogP contribution is 2.26. The van der Waals surface area contributed by atoms with Crippen molar-refractivity contribution in [1.29, 1.82) is 0 Å². The minimum atomic E-state index is -0.960. The molecule has 26 heavy (non-hydrogen) atoms. The van der Waals surface area contributed by atoms with Gasteiger partial charge >= 0.3 is 5.97 Å². The number of nitrogens with zero attached hydrogens (tertiary/aromatic N) is 2. The number of nitrogen functional groups attached to an aromatic ring is 1. The zero-order valence-corrected chi connectivity index (χ0v) is 14.5. The molecular formula is C19H23N5O2. The quantitative estimate of drug-likeness (QED) is 0.560. The maximum Gasteiger partial charge on any atom is 0.335 e. The maximum absolute atomic E-state index is 10.9. The second kappa shape index (κ2) is 8.33. The number of anilines is 4. The van der Waals surface area contributed by atoms with Gasteiger partial charge in [-0.1, -0.05) is 11.6 Å². The summed E-state index contributed by atoms with van der Waals surface area (Å²) in [4.78, 5) is 19.3. The van der Waals surface area contributed by atoms with Gasteiger partial charge in [0.05, 0.1) is 5.56 Å². The van der Waals surface area contributed by atoms with Gasteiger partial charge in [-0.2, -0.15) is 0 Å². The molecule has 1 heterocycles. The van der Waals surface area contributed by atoms with Crippen molar-refractivity contribution in [3.63, 3.8) is 0 Å². The minimum Gasteiger partial charge on any atom is -0.478 e. The van der Waals surface area contributed by atoms with Gasteiger partial charge in [0.2, 0.25) is 0 Å². The molecule has 136 valence electrons. The van der Waals surface area contributed by atoms with E-state index in [1.165, 1.54) is 49.7 Å². The van der Waals surface area contributed by atoms with E-state index in [4.69, 9.17) is 10.8 Å². The third-order valence-corrected chi connectivity index (χ3v) is 4.40. The van der Waals surface area contributed by atoms with Crippen LogP contribution in [0.4, 0.5) is 23.0 Å². The van der Waals surface area contributed by atoms with Crippen LogP contribution in [0.15, 0.2) is 42.2 Å². The number of carbonyl (C=O) groups is 1. The Balaban J connectivity index is 1.62. The summed E-state index contributed by atoms with van der Waals surface area (Å²) in [5.74, 6) is 0.126. The highest BCUT2D eigenvalue weighted by molar-refractivity contribution is 5.88. The first kappa shape index (κ1) is 17.7. The van der Waals surface area contributed by atoms with E-state index in [1.54, 1.807) is 12.1 Å². The Hall–Kier alpha value is -3.09. The standard InChI is InChI=1S/C19H23N5O2/c20-16-17(21-11-10-13-4-2-1-3-5-13)22-12-23-18(16)24-15-8-6-14(7-9-15)19(25)26/h4,6-9,12H,1-3,5,10-11,20H2,(H,25,26)(H2,21,22,23,24). The number of nitrogens with one attached hydrogen (secondary N) is 2. The lowest BCUT2D eigenvalue weighted by Crippen LogP contribution is -2.10. The van der Waals surface area contributed by atoms with Crippen molar-refractivity contribution in [2.75, 3.05) is 22.9 Å². The summed E-state index contributed by atoms with van der Waals surface area (Å²) < 4.78 is 0. The van der Waals surface area contributed by atoms with Crippen molar-refractivity contribution in [3.05, 3.63) is 47.8 Å². The van der Waals surface area contributed by atoms with E-state index in [1.807, 2.05) is 0 Å². The lowest BCUT2D eigenvalue weighted by atomic mass is 9.97. The molecule has 0 bridgehead atoms. The van der Waals surface area contributed by atoms with Gasteiger partial charge < -0.3 is 21.5 Å². The topological polar surface area (TPSA) is 113 Å². The van der Waals surface area contributed by atoms with Gasteiger partial charge in [-0.25, -0.2) is 14.8 Å². The second-order valence-corrected chi connectivity index (χ2v) is 6.28. The first-order valence-electron chi connectivity index (χ1n) is 8.76. The number of rotatable bonds is 7. The van der Waals surface area contributed by atoms with Gasteiger partial charge in [-0.15, -0.1) is 0 Å². The predicted octanol–water partition coefficient (Wildman–Crippen LogP) is 3.80. The maximum atomic E-state index is 10.9. The van der Waals surface area contributed by atoms with E-state index in [2.05, 4.69) is 26.7 Å². The number of nitrogens with two attached hydrogens (primary N) is 1. The van der Waals surface area contributed by atoms with E-state index >= 15 is 0 Å². The fourth-order valence-corrected chi connectivity index (χ4v) is 2.94.